The molecule has 1 atom stereocenters. The number of esters is 1. The highest BCUT2D eigenvalue weighted by Crippen LogP contribution is 2.22. The first kappa shape index (κ1) is 20.9. The minimum absolute atomic E-state index is 0.0220. The summed E-state index contributed by atoms with van der Waals surface area (Å²) in [5.74, 6) is -2.42. The number of hydrogen-bond donors (Lipinski definition) is 2. The number of carbonyl (C=O) groups excluding carboxylic acids is 3. The fourth-order valence-corrected chi connectivity index (χ4v) is 2.31. The van der Waals surface area contributed by atoms with E-state index in [0.29, 0.717) is 11.3 Å². The second-order valence-corrected chi connectivity index (χ2v) is 5.77. The number of ether oxygens (including phenoxy) is 1. The van der Waals surface area contributed by atoms with Gasteiger partial charge >= 0.3 is 12.1 Å². The summed E-state index contributed by atoms with van der Waals surface area (Å²) in [6.45, 7) is 0. The maximum Gasteiger partial charge on any atom is 0.391 e. The summed E-state index contributed by atoms with van der Waals surface area (Å²) in [5, 5.41) is 4.64. The van der Waals surface area contributed by atoms with E-state index in [9.17, 15) is 27.6 Å². The third-order valence-corrected chi connectivity index (χ3v) is 3.67. The van der Waals surface area contributed by atoms with E-state index < -0.39 is 30.5 Å². The Hall–Kier alpha value is -3.36. The quantitative estimate of drug-likeness (QED) is 0.738. The van der Waals surface area contributed by atoms with Gasteiger partial charge in [-0.2, -0.15) is 13.2 Å². The van der Waals surface area contributed by atoms with Gasteiger partial charge in [-0.25, -0.2) is 4.79 Å². The molecule has 2 rings (SSSR count). The van der Waals surface area contributed by atoms with Crippen LogP contribution in [0.4, 0.5) is 18.9 Å². The Morgan fingerprint density at radius 2 is 1.50 bits per heavy atom. The number of nitrogens with one attached hydrogen (secondary N) is 2. The molecule has 0 radical (unpaired) electrons. The van der Waals surface area contributed by atoms with Crippen LogP contribution in [0, 0.1) is 0 Å². The molecule has 2 aromatic carbocycles. The molecule has 2 N–H and O–H groups in total. The molecule has 9 heteroatoms. The zero-order chi connectivity index (χ0) is 20.7. The molecule has 0 heterocycles. The monoisotopic (exact) mass is 394 g/mol. The predicted molar refractivity (Wildman–Crippen MR) is 94.8 cm³/mol. The molecule has 0 aromatic heterocycles. The van der Waals surface area contributed by atoms with Crippen molar-refractivity contribution < 1.29 is 32.3 Å². The molecule has 2 aromatic rings. The first-order valence-corrected chi connectivity index (χ1v) is 8.11. The maximum absolute atomic E-state index is 12.6. The third kappa shape index (κ3) is 6.11. The Morgan fingerprint density at radius 1 is 0.929 bits per heavy atom. The maximum atomic E-state index is 12.6. The summed E-state index contributed by atoms with van der Waals surface area (Å²) in [6, 6.07) is 12.1. The number of carbonyl (C=O) groups is 3. The highest BCUT2D eigenvalue weighted by Gasteiger charge is 2.37. The highest BCUT2D eigenvalue weighted by molar-refractivity contribution is 6.04. The lowest BCUT2D eigenvalue weighted by Crippen LogP contribution is -2.44. The smallest absolute Gasteiger partial charge is 0.391 e. The van der Waals surface area contributed by atoms with Gasteiger partial charge in [-0.3, -0.25) is 9.59 Å². The number of anilines is 1. The van der Waals surface area contributed by atoms with Crippen LogP contribution in [-0.4, -0.2) is 37.1 Å². The van der Waals surface area contributed by atoms with E-state index in [2.05, 4.69) is 10.1 Å². The predicted octanol–water partition coefficient (Wildman–Crippen LogP) is 3.16. The highest BCUT2D eigenvalue weighted by atomic mass is 19.4. The van der Waals surface area contributed by atoms with Crippen molar-refractivity contribution in [1.82, 2.24) is 5.32 Å². The van der Waals surface area contributed by atoms with Crippen LogP contribution in [0.1, 0.15) is 27.1 Å². The van der Waals surface area contributed by atoms with Crippen LogP contribution >= 0.6 is 0 Å². The van der Waals surface area contributed by atoms with Crippen molar-refractivity contribution in [2.75, 3.05) is 12.4 Å². The lowest BCUT2D eigenvalue weighted by molar-refractivity contribution is -0.160. The number of alkyl halides is 3. The molecule has 0 fully saturated rings. The molecule has 6 nitrogen and oxygen atoms in total. The second kappa shape index (κ2) is 9.03. The zero-order valence-electron chi connectivity index (χ0n) is 14.7. The van der Waals surface area contributed by atoms with E-state index in [1.165, 1.54) is 24.3 Å². The molecule has 0 bridgehead atoms. The van der Waals surface area contributed by atoms with Gasteiger partial charge in [-0.15, -0.1) is 0 Å². The lowest BCUT2D eigenvalue weighted by atomic mass is 10.1. The van der Waals surface area contributed by atoms with Crippen molar-refractivity contribution in [3.63, 3.8) is 0 Å². The molecule has 0 saturated carbocycles. The minimum Gasteiger partial charge on any atom is -0.467 e. The van der Waals surface area contributed by atoms with Gasteiger partial charge in [-0.1, -0.05) is 18.2 Å². The van der Waals surface area contributed by atoms with Gasteiger partial charge in [0.2, 0.25) is 0 Å². The number of methoxy groups -OCH3 is 1. The van der Waals surface area contributed by atoms with E-state index in [4.69, 9.17) is 0 Å². The minimum atomic E-state index is -4.66. The molecule has 1 unspecified atom stereocenters. The summed E-state index contributed by atoms with van der Waals surface area (Å²) in [6.07, 6.45) is -6.20. The second-order valence-electron chi connectivity index (χ2n) is 5.77. The normalized spacial score (nSPS) is 12.0. The van der Waals surface area contributed by atoms with Crippen molar-refractivity contribution in [2.24, 2.45) is 0 Å². The molecule has 0 spiro atoms. The van der Waals surface area contributed by atoms with Crippen LogP contribution in [0.2, 0.25) is 0 Å². The number of amides is 2. The third-order valence-electron chi connectivity index (χ3n) is 3.67. The summed E-state index contributed by atoms with van der Waals surface area (Å²) < 4.78 is 42.0. The number of rotatable bonds is 6. The molecule has 0 aliphatic heterocycles. The molecule has 0 aliphatic rings. The fourth-order valence-electron chi connectivity index (χ4n) is 2.31. The van der Waals surface area contributed by atoms with Gasteiger partial charge in [0.1, 0.15) is 6.04 Å². The van der Waals surface area contributed by atoms with E-state index in [1.54, 1.807) is 30.3 Å². The van der Waals surface area contributed by atoms with Crippen molar-refractivity contribution in [3.8, 4) is 0 Å². The van der Waals surface area contributed by atoms with Gasteiger partial charge in [0.15, 0.2) is 0 Å². The Labute approximate surface area is 158 Å². The Kier molecular flexibility index (Phi) is 6.75. The Balaban J connectivity index is 2.04. The van der Waals surface area contributed by atoms with Crippen LogP contribution in [0.3, 0.4) is 0 Å². The summed E-state index contributed by atoms with van der Waals surface area (Å²) >= 11 is 0. The van der Waals surface area contributed by atoms with Gasteiger partial charge < -0.3 is 15.4 Å². The largest absolute Gasteiger partial charge is 0.467 e. The van der Waals surface area contributed by atoms with Gasteiger partial charge in [0.25, 0.3) is 11.8 Å². The van der Waals surface area contributed by atoms with Gasteiger partial charge in [-0.05, 0) is 36.4 Å². The van der Waals surface area contributed by atoms with Gasteiger partial charge in [0, 0.05) is 16.8 Å². The molecule has 0 saturated heterocycles. The van der Waals surface area contributed by atoms with Crippen molar-refractivity contribution in [3.05, 3.63) is 65.7 Å². The standard InChI is InChI=1S/C19H17F3N2O4/c1-28-18(27)15(11-19(20,21)22)24-17(26)13-7-9-14(10-8-13)23-16(25)12-5-3-2-4-6-12/h2-10,15H,11H2,1H3,(H,23,25)(H,24,26). The van der Waals surface area contributed by atoms with Gasteiger partial charge in [0.05, 0.1) is 13.5 Å². The topological polar surface area (TPSA) is 84.5 Å². The number of hydrogen-bond acceptors (Lipinski definition) is 4. The summed E-state index contributed by atoms with van der Waals surface area (Å²) in [7, 11) is 0.933. The van der Waals surface area contributed by atoms with Crippen molar-refractivity contribution in [2.45, 2.75) is 18.6 Å². The van der Waals surface area contributed by atoms with Crippen LogP contribution in [0.5, 0.6) is 0 Å². The summed E-state index contributed by atoms with van der Waals surface area (Å²) in [5.41, 5.74) is 0.858. The number of halogens is 3. The SMILES string of the molecule is COC(=O)C(CC(F)(F)F)NC(=O)c1ccc(NC(=O)c2ccccc2)cc1. The number of benzene rings is 2. The summed E-state index contributed by atoms with van der Waals surface area (Å²) in [4.78, 5) is 35.7. The molecule has 2 amide bonds. The molecule has 148 valence electrons. The van der Waals surface area contributed by atoms with E-state index >= 15 is 0 Å². The average molecular weight is 394 g/mol. The average Bonchev–Trinajstić information content (AvgIpc) is 2.67. The van der Waals surface area contributed by atoms with Crippen LogP contribution in [0.25, 0.3) is 0 Å². The van der Waals surface area contributed by atoms with E-state index in [-0.39, 0.29) is 11.5 Å². The molecule has 0 aliphatic carbocycles. The lowest BCUT2D eigenvalue weighted by Gasteiger charge is -2.18. The first-order chi connectivity index (χ1) is 13.2. The van der Waals surface area contributed by atoms with E-state index in [1.807, 2.05) is 5.32 Å². The van der Waals surface area contributed by atoms with Crippen LogP contribution < -0.4 is 10.6 Å². The van der Waals surface area contributed by atoms with Crippen molar-refractivity contribution in [1.29, 1.82) is 0 Å². The molecule has 28 heavy (non-hydrogen) atoms. The van der Waals surface area contributed by atoms with Crippen LogP contribution in [-0.2, 0) is 9.53 Å². The zero-order valence-corrected chi connectivity index (χ0v) is 14.7. The molecular weight excluding hydrogens is 377 g/mol. The fraction of sp³-hybridized carbons (Fsp3) is 0.211. The van der Waals surface area contributed by atoms with Crippen molar-refractivity contribution >= 4 is 23.5 Å². The van der Waals surface area contributed by atoms with Crippen LogP contribution in [0.15, 0.2) is 54.6 Å². The Morgan fingerprint density at radius 3 is 2.04 bits per heavy atom. The first-order valence-electron chi connectivity index (χ1n) is 8.11. The molecular formula is C19H17F3N2O4. The van der Waals surface area contributed by atoms with E-state index in [0.717, 1.165) is 7.11 Å². The Bertz CT molecular complexity index is 837.